The Bertz CT molecular complexity index is 1290. The number of pyridine rings is 1. The summed E-state index contributed by atoms with van der Waals surface area (Å²) in [5.41, 5.74) is 1.93. The molecule has 1 atom stereocenters. The Morgan fingerprint density at radius 1 is 1.18 bits per heavy atom. The van der Waals surface area contributed by atoms with Gasteiger partial charge >= 0.3 is 12.1 Å². The van der Waals surface area contributed by atoms with E-state index in [2.05, 4.69) is 29.9 Å². The average molecular weight is 556 g/mol. The number of aryl methyl sites for hydroxylation is 1. The number of carboxylic acids is 1. The van der Waals surface area contributed by atoms with E-state index < -0.39 is 31.7 Å². The topological polar surface area (TPSA) is 112 Å². The van der Waals surface area contributed by atoms with Gasteiger partial charge in [-0.1, -0.05) is 31.8 Å². The lowest BCUT2D eigenvalue weighted by Gasteiger charge is -2.21. The van der Waals surface area contributed by atoms with Crippen molar-refractivity contribution in [1.82, 2.24) is 14.9 Å². The third-order valence-corrected chi connectivity index (χ3v) is 7.69. The zero-order valence-corrected chi connectivity index (χ0v) is 25.0. The van der Waals surface area contributed by atoms with E-state index in [9.17, 15) is 14.7 Å². The van der Waals surface area contributed by atoms with Crippen LogP contribution in [-0.2, 0) is 27.4 Å². The molecule has 2 aromatic heterocycles. The Labute approximate surface area is 231 Å². The van der Waals surface area contributed by atoms with Crippen LogP contribution in [0.15, 0.2) is 42.7 Å². The summed E-state index contributed by atoms with van der Waals surface area (Å²) >= 11 is 0. The highest BCUT2D eigenvalue weighted by Gasteiger charge is 2.22. The number of alkyl carbamates (subject to hydrolysis) is 1. The fourth-order valence-electron chi connectivity index (χ4n) is 4.02. The van der Waals surface area contributed by atoms with Gasteiger partial charge in [-0.2, -0.15) is 0 Å². The van der Waals surface area contributed by atoms with Crippen molar-refractivity contribution >= 4 is 31.2 Å². The number of aliphatic carboxylic acids is 1. The summed E-state index contributed by atoms with van der Waals surface area (Å²) in [5.74, 6) is -0.575. The molecule has 0 saturated carbocycles. The van der Waals surface area contributed by atoms with Gasteiger partial charge in [0.1, 0.15) is 29.5 Å². The van der Waals surface area contributed by atoms with Gasteiger partial charge in [0.2, 0.25) is 0 Å². The van der Waals surface area contributed by atoms with Gasteiger partial charge in [-0.3, -0.25) is 4.79 Å². The molecule has 39 heavy (non-hydrogen) atoms. The number of carboxylic acid groups (broad SMARTS) is 1. The quantitative estimate of drug-likeness (QED) is 0.202. The Morgan fingerprint density at radius 2 is 1.92 bits per heavy atom. The highest BCUT2D eigenvalue weighted by atomic mass is 28.3. The maximum absolute atomic E-state index is 12.0. The Morgan fingerprint density at radius 3 is 2.59 bits per heavy atom. The first-order chi connectivity index (χ1) is 18.2. The summed E-state index contributed by atoms with van der Waals surface area (Å²) < 4.78 is 19.4. The number of carbonyl (C=O) groups is 2. The van der Waals surface area contributed by atoms with Gasteiger partial charge < -0.3 is 29.2 Å². The van der Waals surface area contributed by atoms with Crippen molar-refractivity contribution < 1.29 is 28.9 Å². The summed E-state index contributed by atoms with van der Waals surface area (Å²) in [4.78, 5) is 28.4. The number of hydrogen-bond donors (Lipinski definition) is 2. The fourth-order valence-corrected chi connectivity index (χ4v) is 4.78. The maximum atomic E-state index is 12.0. The first-order valence-electron chi connectivity index (χ1n) is 13.2. The largest absolute Gasteiger partial charge is 0.481 e. The SMILES string of the molecule is Cc1cn(COCC[Si](C)(C)C)c2nccc(Oc3cccc(CC(CNC(=O)OC(C)(C)C)C(=O)O)c3)c12. The molecule has 1 aromatic carbocycles. The van der Waals surface area contributed by atoms with Crippen LogP contribution < -0.4 is 10.1 Å². The van der Waals surface area contributed by atoms with Crippen molar-refractivity contribution in [3.63, 3.8) is 0 Å². The highest BCUT2D eigenvalue weighted by molar-refractivity contribution is 6.76. The lowest BCUT2D eigenvalue weighted by molar-refractivity contribution is -0.141. The van der Waals surface area contributed by atoms with Crippen molar-refractivity contribution in [2.75, 3.05) is 13.2 Å². The van der Waals surface area contributed by atoms with Crippen LogP contribution >= 0.6 is 0 Å². The molecular formula is C29H41N3O6Si. The first kappa shape index (κ1) is 30.2. The number of carbonyl (C=O) groups excluding carboxylic acids is 1. The van der Waals surface area contributed by atoms with E-state index in [1.807, 2.05) is 48.0 Å². The number of fused-ring (bicyclic) bond motifs is 1. The number of rotatable bonds is 12. The minimum absolute atomic E-state index is 0.0486. The smallest absolute Gasteiger partial charge is 0.407 e. The fraction of sp³-hybridized carbons (Fsp3) is 0.483. The number of ether oxygens (including phenoxy) is 3. The van der Waals surface area contributed by atoms with Gasteiger partial charge in [0, 0.05) is 33.6 Å². The third-order valence-electron chi connectivity index (χ3n) is 5.98. The van der Waals surface area contributed by atoms with Crippen molar-refractivity contribution in [1.29, 1.82) is 0 Å². The zero-order chi connectivity index (χ0) is 28.8. The van der Waals surface area contributed by atoms with Crippen LogP contribution in [0.2, 0.25) is 25.7 Å². The molecule has 0 aliphatic heterocycles. The van der Waals surface area contributed by atoms with Gasteiger partial charge in [0.15, 0.2) is 0 Å². The number of aromatic nitrogens is 2. The van der Waals surface area contributed by atoms with Crippen molar-refractivity contribution in [3.8, 4) is 11.5 Å². The molecule has 1 unspecified atom stereocenters. The van der Waals surface area contributed by atoms with E-state index in [-0.39, 0.29) is 13.0 Å². The predicted molar refractivity (Wildman–Crippen MR) is 154 cm³/mol. The van der Waals surface area contributed by atoms with E-state index in [4.69, 9.17) is 14.2 Å². The summed E-state index contributed by atoms with van der Waals surface area (Å²) in [5, 5.41) is 13.2. The Kier molecular flexibility index (Phi) is 9.79. The van der Waals surface area contributed by atoms with Gasteiger partial charge in [-0.25, -0.2) is 9.78 Å². The lowest BCUT2D eigenvalue weighted by Crippen LogP contribution is -2.37. The maximum Gasteiger partial charge on any atom is 0.407 e. The van der Waals surface area contributed by atoms with Crippen molar-refractivity contribution in [3.05, 3.63) is 53.9 Å². The Balaban J connectivity index is 1.70. The number of hydrogen-bond acceptors (Lipinski definition) is 6. The van der Waals surface area contributed by atoms with Gasteiger partial charge in [0.05, 0.1) is 11.3 Å². The average Bonchev–Trinajstić information content (AvgIpc) is 3.14. The van der Waals surface area contributed by atoms with Crippen molar-refractivity contribution in [2.24, 2.45) is 5.92 Å². The summed E-state index contributed by atoms with van der Waals surface area (Å²) in [7, 11) is -1.16. The molecule has 10 heteroatoms. The molecule has 0 saturated heterocycles. The molecule has 0 aliphatic carbocycles. The Hall–Kier alpha value is -3.37. The molecule has 0 aliphatic rings. The van der Waals surface area contributed by atoms with Crippen molar-refractivity contribution in [2.45, 2.75) is 72.1 Å². The van der Waals surface area contributed by atoms with Crippen LogP contribution in [0.4, 0.5) is 4.79 Å². The van der Waals surface area contributed by atoms with Crippen LogP contribution in [0.3, 0.4) is 0 Å². The second-order valence-electron chi connectivity index (χ2n) is 12.0. The van der Waals surface area contributed by atoms with Gasteiger partial charge in [-0.05, 0) is 69.5 Å². The molecular weight excluding hydrogens is 514 g/mol. The van der Waals surface area contributed by atoms with Crippen LogP contribution in [0.25, 0.3) is 11.0 Å². The molecule has 0 radical (unpaired) electrons. The normalized spacial score (nSPS) is 12.8. The number of benzene rings is 1. The molecule has 2 N–H and O–H groups in total. The standard InChI is InChI=1S/C29H41N3O6Si/c1-20-18-32(19-36-13-14-39(5,6)7)26-25(20)24(11-12-30-26)37-23-10-8-9-21(16-23)15-22(27(33)34)17-31-28(35)38-29(2,3)4/h8-12,16,18,22H,13-15,17,19H2,1-7H3,(H,31,35)(H,33,34). The predicted octanol–water partition coefficient (Wildman–Crippen LogP) is 6.22. The third kappa shape index (κ3) is 9.40. The van der Waals surface area contributed by atoms with Crippen LogP contribution in [-0.4, -0.2) is 53.5 Å². The van der Waals surface area contributed by atoms with Gasteiger partial charge in [0.25, 0.3) is 0 Å². The number of amides is 1. The molecule has 0 fully saturated rings. The second kappa shape index (κ2) is 12.7. The summed E-state index contributed by atoms with van der Waals surface area (Å²) in [6.45, 7) is 15.4. The van der Waals surface area contributed by atoms with E-state index in [0.717, 1.165) is 34.8 Å². The monoisotopic (exact) mass is 555 g/mol. The zero-order valence-electron chi connectivity index (χ0n) is 24.0. The van der Waals surface area contributed by atoms with Crippen LogP contribution in [0, 0.1) is 12.8 Å². The van der Waals surface area contributed by atoms with E-state index in [0.29, 0.717) is 18.2 Å². The van der Waals surface area contributed by atoms with Gasteiger partial charge in [-0.15, -0.1) is 0 Å². The second-order valence-corrected chi connectivity index (χ2v) is 17.6. The first-order valence-corrected chi connectivity index (χ1v) is 16.9. The van der Waals surface area contributed by atoms with Crippen LogP contribution in [0.5, 0.6) is 11.5 Å². The molecule has 2 heterocycles. The molecule has 1 amide bonds. The molecule has 3 aromatic rings. The molecule has 9 nitrogen and oxygen atoms in total. The molecule has 0 bridgehead atoms. The highest BCUT2D eigenvalue weighted by Crippen LogP contribution is 2.33. The molecule has 3 rings (SSSR count). The molecule has 212 valence electrons. The summed E-state index contributed by atoms with van der Waals surface area (Å²) in [6.07, 6.45) is 3.31. The minimum atomic E-state index is -1.16. The number of nitrogens with one attached hydrogen (secondary N) is 1. The number of nitrogens with zero attached hydrogens (tertiary/aromatic N) is 2. The lowest BCUT2D eigenvalue weighted by atomic mass is 9.99. The van der Waals surface area contributed by atoms with E-state index in [1.54, 1.807) is 27.0 Å². The molecule has 0 spiro atoms. The summed E-state index contributed by atoms with van der Waals surface area (Å²) in [6, 6.07) is 10.2. The van der Waals surface area contributed by atoms with E-state index >= 15 is 0 Å². The van der Waals surface area contributed by atoms with Crippen LogP contribution in [0.1, 0.15) is 31.9 Å². The van der Waals surface area contributed by atoms with E-state index in [1.165, 1.54) is 0 Å². The minimum Gasteiger partial charge on any atom is -0.481 e.